The SMILES string of the molecule is CCOc1ccc(NC(=O)c2ccc(NC(=O)CN(C)Cc3cccc(OC)c3OC)cc2)cc1. The summed E-state index contributed by atoms with van der Waals surface area (Å²) in [5.74, 6) is 1.65. The number of rotatable bonds is 11. The van der Waals surface area contributed by atoms with Crippen LogP contribution in [0.15, 0.2) is 66.7 Å². The van der Waals surface area contributed by atoms with Crippen LogP contribution in [0.5, 0.6) is 17.2 Å². The molecule has 0 unspecified atom stereocenters. The molecule has 3 aromatic carbocycles. The molecule has 0 aliphatic rings. The molecule has 3 rings (SSSR count). The number of hydrogen-bond donors (Lipinski definition) is 2. The highest BCUT2D eigenvalue weighted by Gasteiger charge is 2.14. The monoisotopic (exact) mass is 477 g/mol. The van der Waals surface area contributed by atoms with Crippen LogP contribution in [-0.4, -0.2) is 51.1 Å². The summed E-state index contributed by atoms with van der Waals surface area (Å²) in [4.78, 5) is 26.9. The molecule has 0 aliphatic carbocycles. The third kappa shape index (κ3) is 7.22. The zero-order chi connectivity index (χ0) is 25.2. The van der Waals surface area contributed by atoms with Crippen molar-refractivity contribution in [3.63, 3.8) is 0 Å². The third-order valence-electron chi connectivity index (χ3n) is 5.19. The molecule has 184 valence electrons. The zero-order valence-corrected chi connectivity index (χ0v) is 20.5. The summed E-state index contributed by atoms with van der Waals surface area (Å²) in [6, 6.07) is 19.6. The second-order valence-corrected chi connectivity index (χ2v) is 7.86. The number of nitrogens with one attached hydrogen (secondary N) is 2. The first-order valence-corrected chi connectivity index (χ1v) is 11.3. The lowest BCUT2D eigenvalue weighted by atomic mass is 10.1. The molecule has 0 spiro atoms. The Morgan fingerprint density at radius 2 is 1.51 bits per heavy atom. The van der Waals surface area contributed by atoms with E-state index in [1.54, 1.807) is 62.8 Å². The van der Waals surface area contributed by atoms with Gasteiger partial charge in [0.05, 0.1) is 27.4 Å². The van der Waals surface area contributed by atoms with Gasteiger partial charge in [0, 0.05) is 29.0 Å². The molecule has 0 radical (unpaired) electrons. The molecule has 0 aliphatic heterocycles. The summed E-state index contributed by atoms with van der Waals surface area (Å²) < 4.78 is 16.2. The maximum absolute atomic E-state index is 12.5. The Hall–Kier alpha value is -4.04. The molecular formula is C27H31N3O5. The van der Waals surface area contributed by atoms with Gasteiger partial charge in [-0.2, -0.15) is 0 Å². The minimum Gasteiger partial charge on any atom is -0.494 e. The van der Waals surface area contributed by atoms with Gasteiger partial charge in [-0.25, -0.2) is 0 Å². The number of likely N-dealkylation sites (N-methyl/N-ethyl adjacent to an activating group) is 1. The minimum absolute atomic E-state index is 0.166. The topological polar surface area (TPSA) is 89.1 Å². The van der Waals surface area contributed by atoms with Crippen LogP contribution in [0.1, 0.15) is 22.8 Å². The molecule has 2 amide bonds. The average Bonchev–Trinajstić information content (AvgIpc) is 2.85. The largest absolute Gasteiger partial charge is 0.494 e. The van der Waals surface area contributed by atoms with Gasteiger partial charge in [-0.1, -0.05) is 12.1 Å². The van der Waals surface area contributed by atoms with Crippen molar-refractivity contribution < 1.29 is 23.8 Å². The maximum atomic E-state index is 12.5. The van der Waals surface area contributed by atoms with Gasteiger partial charge in [-0.3, -0.25) is 14.5 Å². The Bertz CT molecular complexity index is 1130. The summed E-state index contributed by atoms with van der Waals surface area (Å²) in [6.07, 6.45) is 0. The smallest absolute Gasteiger partial charge is 0.255 e. The predicted octanol–water partition coefficient (Wildman–Crippen LogP) is 4.43. The number of hydrogen-bond acceptors (Lipinski definition) is 6. The molecule has 0 atom stereocenters. The summed E-state index contributed by atoms with van der Waals surface area (Å²) in [5, 5.41) is 5.71. The highest BCUT2D eigenvalue weighted by molar-refractivity contribution is 6.04. The highest BCUT2D eigenvalue weighted by Crippen LogP contribution is 2.31. The van der Waals surface area contributed by atoms with Gasteiger partial charge in [0.25, 0.3) is 5.91 Å². The van der Waals surface area contributed by atoms with E-state index in [0.717, 1.165) is 11.3 Å². The van der Waals surface area contributed by atoms with E-state index in [1.165, 1.54) is 0 Å². The van der Waals surface area contributed by atoms with Crippen molar-refractivity contribution in [1.82, 2.24) is 4.90 Å². The lowest BCUT2D eigenvalue weighted by Gasteiger charge is -2.19. The second-order valence-electron chi connectivity index (χ2n) is 7.86. The number of para-hydroxylation sites is 1. The number of ether oxygens (including phenoxy) is 3. The number of amides is 2. The third-order valence-corrected chi connectivity index (χ3v) is 5.19. The molecule has 0 heterocycles. The van der Waals surface area contributed by atoms with E-state index in [2.05, 4.69) is 10.6 Å². The quantitative estimate of drug-likeness (QED) is 0.425. The fourth-order valence-electron chi connectivity index (χ4n) is 3.58. The van der Waals surface area contributed by atoms with E-state index in [4.69, 9.17) is 14.2 Å². The molecule has 3 aromatic rings. The lowest BCUT2D eigenvalue weighted by molar-refractivity contribution is -0.117. The minimum atomic E-state index is -0.237. The maximum Gasteiger partial charge on any atom is 0.255 e. The van der Waals surface area contributed by atoms with Crippen LogP contribution in [0.25, 0.3) is 0 Å². The van der Waals surface area contributed by atoms with Crippen LogP contribution < -0.4 is 24.8 Å². The molecule has 0 fully saturated rings. The summed E-state index contributed by atoms with van der Waals surface area (Å²) in [7, 11) is 5.04. The van der Waals surface area contributed by atoms with Crippen molar-refractivity contribution in [1.29, 1.82) is 0 Å². The number of carbonyl (C=O) groups excluding carboxylic acids is 2. The van der Waals surface area contributed by atoms with Gasteiger partial charge in [-0.05, 0) is 68.6 Å². The van der Waals surface area contributed by atoms with Crippen LogP contribution in [-0.2, 0) is 11.3 Å². The van der Waals surface area contributed by atoms with Crippen molar-refractivity contribution in [2.24, 2.45) is 0 Å². The Morgan fingerprint density at radius 1 is 0.857 bits per heavy atom. The van der Waals surface area contributed by atoms with Gasteiger partial charge < -0.3 is 24.8 Å². The van der Waals surface area contributed by atoms with Gasteiger partial charge in [0.1, 0.15) is 5.75 Å². The molecule has 8 heteroatoms. The molecule has 0 bridgehead atoms. The lowest BCUT2D eigenvalue weighted by Crippen LogP contribution is -2.30. The molecular weight excluding hydrogens is 446 g/mol. The normalized spacial score (nSPS) is 10.5. The predicted molar refractivity (Wildman–Crippen MR) is 137 cm³/mol. The first kappa shape index (κ1) is 25.6. The van der Waals surface area contributed by atoms with Crippen molar-refractivity contribution >= 4 is 23.2 Å². The molecule has 0 aromatic heterocycles. The number of carbonyl (C=O) groups is 2. The van der Waals surface area contributed by atoms with E-state index in [1.807, 2.05) is 37.1 Å². The molecule has 35 heavy (non-hydrogen) atoms. The fraction of sp³-hybridized carbons (Fsp3) is 0.259. The number of nitrogens with zero attached hydrogens (tertiary/aromatic N) is 1. The summed E-state index contributed by atoms with van der Waals surface area (Å²) in [5.41, 5.74) is 2.69. The second kappa shape index (κ2) is 12.4. The van der Waals surface area contributed by atoms with E-state index in [9.17, 15) is 9.59 Å². The average molecular weight is 478 g/mol. The van der Waals surface area contributed by atoms with Gasteiger partial charge in [0.2, 0.25) is 5.91 Å². The van der Waals surface area contributed by atoms with Crippen molar-refractivity contribution in [3.8, 4) is 17.2 Å². The number of anilines is 2. The van der Waals surface area contributed by atoms with E-state index < -0.39 is 0 Å². The van der Waals surface area contributed by atoms with Crippen LogP contribution in [0.3, 0.4) is 0 Å². The molecule has 0 saturated carbocycles. The van der Waals surface area contributed by atoms with Crippen LogP contribution >= 0.6 is 0 Å². The van der Waals surface area contributed by atoms with Crippen molar-refractivity contribution in [2.45, 2.75) is 13.5 Å². The summed E-state index contributed by atoms with van der Waals surface area (Å²) >= 11 is 0. The Morgan fingerprint density at radius 3 is 2.14 bits per heavy atom. The molecule has 2 N–H and O–H groups in total. The number of methoxy groups -OCH3 is 2. The van der Waals surface area contributed by atoms with Gasteiger partial charge >= 0.3 is 0 Å². The van der Waals surface area contributed by atoms with Crippen LogP contribution in [0, 0.1) is 0 Å². The first-order chi connectivity index (χ1) is 16.9. The Kier molecular flexibility index (Phi) is 9.09. The summed E-state index contributed by atoms with van der Waals surface area (Å²) in [6.45, 7) is 3.19. The molecule has 0 saturated heterocycles. The van der Waals surface area contributed by atoms with Gasteiger partial charge in [-0.15, -0.1) is 0 Å². The molecule has 8 nitrogen and oxygen atoms in total. The van der Waals surface area contributed by atoms with Crippen molar-refractivity contribution in [2.75, 3.05) is 45.1 Å². The van der Waals surface area contributed by atoms with Gasteiger partial charge in [0.15, 0.2) is 11.5 Å². The van der Waals surface area contributed by atoms with E-state index in [0.29, 0.717) is 41.6 Å². The Balaban J connectivity index is 1.52. The standard InChI is InChI=1S/C27H31N3O5/c1-5-35-23-15-13-22(14-16-23)29-27(32)19-9-11-21(12-10-19)28-25(31)18-30(2)17-20-7-6-8-24(33-3)26(20)34-4/h6-16H,5,17-18H2,1-4H3,(H,28,31)(H,29,32). The number of benzene rings is 3. The first-order valence-electron chi connectivity index (χ1n) is 11.3. The fourth-order valence-corrected chi connectivity index (χ4v) is 3.58. The van der Waals surface area contributed by atoms with Crippen LogP contribution in [0.4, 0.5) is 11.4 Å². The van der Waals surface area contributed by atoms with Crippen LogP contribution in [0.2, 0.25) is 0 Å². The highest BCUT2D eigenvalue weighted by atomic mass is 16.5. The van der Waals surface area contributed by atoms with E-state index in [-0.39, 0.29) is 18.4 Å². The van der Waals surface area contributed by atoms with E-state index >= 15 is 0 Å². The zero-order valence-electron chi connectivity index (χ0n) is 20.5. The Labute approximate surface area is 205 Å². The van der Waals surface area contributed by atoms with Crippen molar-refractivity contribution in [3.05, 3.63) is 77.9 Å².